The van der Waals surface area contributed by atoms with Crippen molar-refractivity contribution in [3.05, 3.63) is 11.3 Å². The molecule has 1 saturated heterocycles. The van der Waals surface area contributed by atoms with Crippen molar-refractivity contribution in [2.24, 2.45) is 0 Å². The zero-order valence-corrected chi connectivity index (χ0v) is 8.12. The largest absolute Gasteiger partial charge is 0.492 e. The first-order chi connectivity index (χ1) is 6.33. The molecular weight excluding hydrogens is 192 g/mol. The SMILES string of the molecule is COc1cnn(C2CCOC2)c1Cl. The number of hydrogen-bond acceptors (Lipinski definition) is 3. The summed E-state index contributed by atoms with van der Waals surface area (Å²) in [6.07, 6.45) is 2.59. The molecule has 2 rings (SSSR count). The average Bonchev–Trinajstić information content (AvgIpc) is 2.72. The number of ether oxygens (including phenoxy) is 2. The normalized spacial score (nSPS) is 22.2. The van der Waals surface area contributed by atoms with Crippen LogP contribution < -0.4 is 4.74 Å². The molecule has 0 amide bonds. The average molecular weight is 203 g/mol. The summed E-state index contributed by atoms with van der Waals surface area (Å²) in [6, 6.07) is 0.261. The van der Waals surface area contributed by atoms with E-state index in [1.54, 1.807) is 18.0 Å². The molecule has 1 aliphatic rings. The minimum atomic E-state index is 0.261. The van der Waals surface area contributed by atoms with Crippen LogP contribution in [0.2, 0.25) is 5.15 Å². The van der Waals surface area contributed by atoms with E-state index >= 15 is 0 Å². The third-order valence-corrected chi connectivity index (χ3v) is 2.53. The van der Waals surface area contributed by atoms with Crippen LogP contribution in [-0.4, -0.2) is 30.1 Å². The minimum absolute atomic E-state index is 0.261. The highest BCUT2D eigenvalue weighted by Crippen LogP contribution is 2.29. The molecule has 1 unspecified atom stereocenters. The zero-order valence-electron chi connectivity index (χ0n) is 7.36. The van der Waals surface area contributed by atoms with E-state index in [1.165, 1.54) is 0 Å². The number of methoxy groups -OCH3 is 1. The molecule has 13 heavy (non-hydrogen) atoms. The first-order valence-electron chi connectivity index (χ1n) is 4.17. The maximum Gasteiger partial charge on any atom is 0.175 e. The molecule has 0 N–H and O–H groups in total. The van der Waals surface area contributed by atoms with Crippen molar-refractivity contribution in [1.82, 2.24) is 9.78 Å². The Morgan fingerprint density at radius 1 is 1.77 bits per heavy atom. The van der Waals surface area contributed by atoms with Crippen LogP contribution in [0.5, 0.6) is 5.75 Å². The van der Waals surface area contributed by atoms with Gasteiger partial charge in [0.2, 0.25) is 0 Å². The lowest BCUT2D eigenvalue weighted by molar-refractivity contribution is 0.184. The van der Waals surface area contributed by atoms with Crippen LogP contribution in [0.4, 0.5) is 0 Å². The van der Waals surface area contributed by atoms with Gasteiger partial charge in [-0.3, -0.25) is 0 Å². The van der Waals surface area contributed by atoms with E-state index < -0.39 is 0 Å². The highest BCUT2D eigenvalue weighted by molar-refractivity contribution is 6.31. The molecule has 0 radical (unpaired) electrons. The van der Waals surface area contributed by atoms with E-state index in [-0.39, 0.29) is 6.04 Å². The monoisotopic (exact) mass is 202 g/mol. The summed E-state index contributed by atoms with van der Waals surface area (Å²) in [7, 11) is 1.58. The van der Waals surface area contributed by atoms with Crippen LogP contribution in [0.15, 0.2) is 6.20 Å². The third kappa shape index (κ3) is 1.51. The van der Waals surface area contributed by atoms with Crippen molar-refractivity contribution >= 4 is 11.6 Å². The van der Waals surface area contributed by atoms with Crippen LogP contribution in [-0.2, 0) is 4.74 Å². The molecule has 1 fully saturated rings. The molecule has 2 heterocycles. The molecule has 72 valence electrons. The van der Waals surface area contributed by atoms with Gasteiger partial charge in [0, 0.05) is 6.61 Å². The molecule has 1 aromatic heterocycles. The van der Waals surface area contributed by atoms with Gasteiger partial charge >= 0.3 is 0 Å². The van der Waals surface area contributed by atoms with Gasteiger partial charge in [-0.2, -0.15) is 5.10 Å². The van der Waals surface area contributed by atoms with E-state index in [9.17, 15) is 0 Å². The second-order valence-corrected chi connectivity index (χ2v) is 3.32. The second kappa shape index (κ2) is 3.55. The Hall–Kier alpha value is -0.740. The quantitative estimate of drug-likeness (QED) is 0.730. The van der Waals surface area contributed by atoms with Gasteiger partial charge in [0.15, 0.2) is 10.9 Å². The van der Waals surface area contributed by atoms with Crippen LogP contribution in [0.25, 0.3) is 0 Å². The smallest absolute Gasteiger partial charge is 0.175 e. The van der Waals surface area contributed by atoms with E-state index in [1.807, 2.05) is 0 Å². The fraction of sp³-hybridized carbons (Fsp3) is 0.625. The van der Waals surface area contributed by atoms with Crippen molar-refractivity contribution in [1.29, 1.82) is 0 Å². The zero-order chi connectivity index (χ0) is 9.26. The fourth-order valence-electron chi connectivity index (χ4n) is 1.44. The molecule has 0 aliphatic carbocycles. The fourth-order valence-corrected chi connectivity index (χ4v) is 1.75. The van der Waals surface area contributed by atoms with E-state index in [0.717, 1.165) is 13.0 Å². The van der Waals surface area contributed by atoms with Gasteiger partial charge in [-0.05, 0) is 6.42 Å². The highest BCUT2D eigenvalue weighted by atomic mass is 35.5. The van der Waals surface area contributed by atoms with Crippen LogP contribution in [0.3, 0.4) is 0 Å². The van der Waals surface area contributed by atoms with Crippen molar-refractivity contribution in [2.45, 2.75) is 12.5 Å². The molecule has 0 aromatic carbocycles. The summed E-state index contributed by atoms with van der Waals surface area (Å²) in [5, 5.41) is 4.70. The summed E-state index contributed by atoms with van der Waals surface area (Å²) < 4.78 is 12.0. The summed E-state index contributed by atoms with van der Waals surface area (Å²) in [5.41, 5.74) is 0. The Morgan fingerprint density at radius 2 is 2.62 bits per heavy atom. The lowest BCUT2D eigenvalue weighted by atomic mass is 10.3. The van der Waals surface area contributed by atoms with Crippen molar-refractivity contribution in [2.75, 3.05) is 20.3 Å². The van der Waals surface area contributed by atoms with E-state index in [0.29, 0.717) is 17.5 Å². The molecular formula is C8H11ClN2O2. The van der Waals surface area contributed by atoms with Gasteiger partial charge in [-0.1, -0.05) is 11.6 Å². The maximum atomic E-state index is 6.02. The Kier molecular flexibility index (Phi) is 2.42. The van der Waals surface area contributed by atoms with Crippen molar-refractivity contribution < 1.29 is 9.47 Å². The summed E-state index contributed by atoms with van der Waals surface area (Å²) in [6.45, 7) is 1.47. The van der Waals surface area contributed by atoms with Crippen LogP contribution in [0.1, 0.15) is 12.5 Å². The number of nitrogens with zero attached hydrogens (tertiary/aromatic N) is 2. The van der Waals surface area contributed by atoms with Crippen LogP contribution >= 0.6 is 11.6 Å². The van der Waals surface area contributed by atoms with Gasteiger partial charge in [-0.25, -0.2) is 4.68 Å². The predicted octanol–water partition coefficient (Wildman–Crippen LogP) is 1.51. The first-order valence-corrected chi connectivity index (χ1v) is 4.55. The molecule has 0 spiro atoms. The summed E-state index contributed by atoms with van der Waals surface area (Å²) in [4.78, 5) is 0. The molecule has 5 heteroatoms. The van der Waals surface area contributed by atoms with E-state index in [4.69, 9.17) is 21.1 Å². The summed E-state index contributed by atoms with van der Waals surface area (Å²) in [5.74, 6) is 0.619. The van der Waals surface area contributed by atoms with Gasteiger partial charge < -0.3 is 9.47 Å². The lowest BCUT2D eigenvalue weighted by Gasteiger charge is -2.08. The first kappa shape index (κ1) is 8.84. The number of halogens is 1. The minimum Gasteiger partial charge on any atom is -0.492 e. The Labute approximate surface area is 81.4 Å². The summed E-state index contributed by atoms with van der Waals surface area (Å²) >= 11 is 6.02. The Bertz CT molecular complexity index is 294. The molecule has 1 aliphatic heterocycles. The lowest BCUT2D eigenvalue weighted by Crippen LogP contribution is -2.10. The Morgan fingerprint density at radius 3 is 3.15 bits per heavy atom. The number of hydrogen-bond donors (Lipinski definition) is 0. The number of rotatable bonds is 2. The Balaban J connectivity index is 2.24. The molecule has 0 saturated carbocycles. The third-order valence-electron chi connectivity index (χ3n) is 2.18. The van der Waals surface area contributed by atoms with Gasteiger partial charge in [0.1, 0.15) is 0 Å². The second-order valence-electron chi connectivity index (χ2n) is 2.97. The molecule has 1 atom stereocenters. The maximum absolute atomic E-state index is 6.02. The van der Waals surface area contributed by atoms with Crippen molar-refractivity contribution in [3.63, 3.8) is 0 Å². The highest BCUT2D eigenvalue weighted by Gasteiger charge is 2.22. The van der Waals surface area contributed by atoms with E-state index in [2.05, 4.69) is 5.10 Å². The topological polar surface area (TPSA) is 36.3 Å². The molecule has 4 nitrogen and oxygen atoms in total. The van der Waals surface area contributed by atoms with Gasteiger partial charge in [-0.15, -0.1) is 0 Å². The van der Waals surface area contributed by atoms with Crippen LogP contribution in [0, 0.1) is 0 Å². The van der Waals surface area contributed by atoms with Crippen molar-refractivity contribution in [3.8, 4) is 5.75 Å². The van der Waals surface area contributed by atoms with Gasteiger partial charge in [0.05, 0.1) is 26.0 Å². The molecule has 0 bridgehead atoms. The standard InChI is InChI=1S/C8H11ClN2O2/c1-12-7-4-10-11(8(7)9)6-2-3-13-5-6/h4,6H,2-3,5H2,1H3. The van der Waals surface area contributed by atoms with Gasteiger partial charge in [0.25, 0.3) is 0 Å². The molecule has 1 aromatic rings. The predicted molar refractivity (Wildman–Crippen MR) is 48.3 cm³/mol. The number of aromatic nitrogens is 2.